The number of pyridine rings is 1. The lowest BCUT2D eigenvalue weighted by atomic mass is 10.1. The van der Waals surface area contributed by atoms with Crippen molar-refractivity contribution in [1.29, 1.82) is 0 Å². The van der Waals surface area contributed by atoms with E-state index < -0.39 is 5.97 Å². The van der Waals surface area contributed by atoms with Crippen LogP contribution in [0.15, 0.2) is 48.8 Å². The molecule has 0 atom stereocenters. The second kappa shape index (κ2) is 10.4. The van der Waals surface area contributed by atoms with E-state index in [9.17, 15) is 4.79 Å². The maximum Gasteiger partial charge on any atom is 0.354 e. The summed E-state index contributed by atoms with van der Waals surface area (Å²) in [5.74, 6) is -0.995. The summed E-state index contributed by atoms with van der Waals surface area (Å²) in [7, 11) is 2.12. The number of hydrogen-bond donors (Lipinski definition) is 1. The predicted octanol–water partition coefficient (Wildman–Crippen LogP) is 4.57. The molecule has 1 aromatic carbocycles. The van der Waals surface area contributed by atoms with Crippen molar-refractivity contribution in [2.45, 2.75) is 39.0 Å². The summed E-state index contributed by atoms with van der Waals surface area (Å²) in [4.78, 5) is 19.2. The second-order valence-electron chi connectivity index (χ2n) is 6.62. The van der Waals surface area contributed by atoms with E-state index in [0.717, 1.165) is 12.1 Å². The molecular formula is C21H29N3O2. The van der Waals surface area contributed by atoms with Crippen molar-refractivity contribution in [1.82, 2.24) is 14.8 Å². The van der Waals surface area contributed by atoms with E-state index in [1.165, 1.54) is 44.7 Å². The molecule has 0 bridgehead atoms. The molecule has 0 saturated heterocycles. The Labute approximate surface area is 155 Å². The van der Waals surface area contributed by atoms with Gasteiger partial charge >= 0.3 is 5.97 Å². The van der Waals surface area contributed by atoms with Crippen molar-refractivity contribution in [2.24, 2.45) is 0 Å². The molecule has 0 spiro atoms. The van der Waals surface area contributed by atoms with Crippen LogP contribution in [0, 0.1) is 0 Å². The van der Waals surface area contributed by atoms with Gasteiger partial charge in [-0.1, -0.05) is 56.9 Å². The minimum Gasteiger partial charge on any atom is -0.477 e. The summed E-state index contributed by atoms with van der Waals surface area (Å²) in [5.41, 5.74) is 0.793. The molecule has 26 heavy (non-hydrogen) atoms. The van der Waals surface area contributed by atoms with Gasteiger partial charge in [0.25, 0.3) is 0 Å². The lowest BCUT2D eigenvalue weighted by Crippen LogP contribution is -2.23. The van der Waals surface area contributed by atoms with E-state index in [1.54, 1.807) is 12.1 Å². The fourth-order valence-corrected chi connectivity index (χ4v) is 2.84. The fourth-order valence-electron chi connectivity index (χ4n) is 2.84. The molecule has 0 amide bonds. The molecule has 0 aliphatic carbocycles. The number of carbonyl (C=O) groups is 1. The number of aromatic nitrogens is 1. The normalized spacial score (nSPS) is 13.0. The molecule has 2 heterocycles. The summed E-state index contributed by atoms with van der Waals surface area (Å²) in [5, 5.41) is 9.63. The van der Waals surface area contributed by atoms with E-state index in [2.05, 4.69) is 41.2 Å². The highest BCUT2D eigenvalue weighted by atomic mass is 16.4. The number of para-hydroxylation sites is 1. The molecule has 140 valence electrons. The standard InChI is InChI=1S/C11H22N2.C10H7NO2/c1-3-4-5-6-7-8-13-10-9-12(2)11-13;12-10(13)9-6-5-7-3-1-2-4-8(7)11-9/h9-10H,3-8,11H2,1-2H3;1-6H,(H,12,13). The molecule has 0 radical (unpaired) electrons. The van der Waals surface area contributed by atoms with Gasteiger partial charge < -0.3 is 14.9 Å². The second-order valence-corrected chi connectivity index (χ2v) is 6.62. The van der Waals surface area contributed by atoms with Crippen molar-refractivity contribution < 1.29 is 9.90 Å². The Balaban J connectivity index is 0.000000187. The Bertz CT molecular complexity index is 730. The molecule has 5 heteroatoms. The Hall–Kier alpha value is -2.56. The number of aromatic carboxylic acids is 1. The van der Waals surface area contributed by atoms with Crippen LogP contribution in [-0.4, -0.2) is 46.1 Å². The molecule has 2 aromatic rings. The van der Waals surface area contributed by atoms with Crippen LogP contribution in [0.5, 0.6) is 0 Å². The van der Waals surface area contributed by atoms with Crippen LogP contribution in [0.4, 0.5) is 0 Å². The predicted molar refractivity (Wildman–Crippen MR) is 106 cm³/mol. The van der Waals surface area contributed by atoms with Crippen molar-refractivity contribution in [3.05, 3.63) is 54.5 Å². The molecule has 0 saturated carbocycles. The molecular weight excluding hydrogens is 326 g/mol. The van der Waals surface area contributed by atoms with Crippen molar-refractivity contribution in [3.63, 3.8) is 0 Å². The van der Waals surface area contributed by atoms with Crippen LogP contribution in [0.1, 0.15) is 49.5 Å². The average molecular weight is 355 g/mol. The van der Waals surface area contributed by atoms with Crippen LogP contribution < -0.4 is 0 Å². The highest BCUT2D eigenvalue weighted by Gasteiger charge is 2.06. The zero-order chi connectivity index (χ0) is 18.8. The van der Waals surface area contributed by atoms with Crippen molar-refractivity contribution >= 4 is 16.9 Å². The smallest absolute Gasteiger partial charge is 0.354 e. The number of benzene rings is 1. The fraction of sp³-hybridized carbons (Fsp3) is 0.429. The number of unbranched alkanes of at least 4 members (excludes halogenated alkanes) is 4. The molecule has 0 unspecified atom stereocenters. The molecule has 5 nitrogen and oxygen atoms in total. The van der Waals surface area contributed by atoms with Gasteiger partial charge in [-0.2, -0.15) is 0 Å². The summed E-state index contributed by atoms with van der Waals surface area (Å²) in [6.45, 7) is 4.57. The van der Waals surface area contributed by atoms with Gasteiger partial charge in [-0.05, 0) is 18.6 Å². The quantitative estimate of drug-likeness (QED) is 0.738. The topological polar surface area (TPSA) is 56.7 Å². The SMILES string of the molecule is CCCCCCCN1C=CN(C)C1.O=C(O)c1ccc2ccccc2n1. The minimum absolute atomic E-state index is 0.0821. The number of rotatable bonds is 7. The minimum atomic E-state index is -0.995. The third kappa shape index (κ3) is 6.39. The van der Waals surface area contributed by atoms with Gasteiger partial charge in [-0.15, -0.1) is 0 Å². The number of carboxylic acid groups (broad SMARTS) is 1. The third-order valence-electron chi connectivity index (χ3n) is 4.30. The summed E-state index contributed by atoms with van der Waals surface area (Å²) < 4.78 is 0. The number of hydrogen-bond acceptors (Lipinski definition) is 4. The Kier molecular flexibility index (Phi) is 7.93. The first kappa shape index (κ1) is 19.8. The van der Waals surface area contributed by atoms with E-state index in [4.69, 9.17) is 5.11 Å². The van der Waals surface area contributed by atoms with E-state index in [0.29, 0.717) is 5.52 Å². The monoisotopic (exact) mass is 355 g/mol. The zero-order valence-electron chi connectivity index (χ0n) is 15.8. The lowest BCUT2D eigenvalue weighted by Gasteiger charge is -2.17. The van der Waals surface area contributed by atoms with Crippen LogP contribution in [0.2, 0.25) is 0 Å². The van der Waals surface area contributed by atoms with Crippen LogP contribution in [-0.2, 0) is 0 Å². The summed E-state index contributed by atoms with van der Waals surface area (Å²) in [6.07, 6.45) is 11.2. The highest BCUT2D eigenvalue weighted by Crippen LogP contribution is 2.11. The first-order valence-electron chi connectivity index (χ1n) is 9.32. The summed E-state index contributed by atoms with van der Waals surface area (Å²) in [6, 6.07) is 10.7. The number of nitrogens with zero attached hydrogens (tertiary/aromatic N) is 3. The lowest BCUT2D eigenvalue weighted by molar-refractivity contribution is 0.0691. The van der Waals surface area contributed by atoms with Gasteiger partial charge in [0.05, 0.1) is 12.2 Å². The maximum absolute atomic E-state index is 10.6. The molecule has 0 fully saturated rings. The van der Waals surface area contributed by atoms with E-state index in [-0.39, 0.29) is 5.69 Å². The van der Waals surface area contributed by atoms with Crippen LogP contribution >= 0.6 is 0 Å². The first-order chi connectivity index (χ1) is 12.6. The highest BCUT2D eigenvalue weighted by molar-refractivity contribution is 5.89. The van der Waals surface area contributed by atoms with Gasteiger partial charge in [0.2, 0.25) is 0 Å². The number of fused-ring (bicyclic) bond motifs is 1. The van der Waals surface area contributed by atoms with Gasteiger partial charge in [0, 0.05) is 31.4 Å². The van der Waals surface area contributed by atoms with Crippen molar-refractivity contribution in [2.75, 3.05) is 20.3 Å². The van der Waals surface area contributed by atoms with Gasteiger partial charge in [-0.3, -0.25) is 0 Å². The molecule has 3 rings (SSSR count). The third-order valence-corrected chi connectivity index (χ3v) is 4.30. The molecule has 1 aromatic heterocycles. The van der Waals surface area contributed by atoms with Crippen LogP contribution in [0.25, 0.3) is 10.9 Å². The Morgan fingerprint density at radius 1 is 1.08 bits per heavy atom. The van der Waals surface area contributed by atoms with E-state index in [1.807, 2.05) is 18.2 Å². The molecule has 1 N–H and O–H groups in total. The first-order valence-corrected chi connectivity index (χ1v) is 9.32. The largest absolute Gasteiger partial charge is 0.477 e. The Morgan fingerprint density at radius 3 is 2.54 bits per heavy atom. The van der Waals surface area contributed by atoms with Gasteiger partial charge in [0.1, 0.15) is 5.69 Å². The van der Waals surface area contributed by atoms with Crippen molar-refractivity contribution in [3.8, 4) is 0 Å². The zero-order valence-corrected chi connectivity index (χ0v) is 15.8. The average Bonchev–Trinajstić information content (AvgIpc) is 3.07. The Morgan fingerprint density at radius 2 is 1.85 bits per heavy atom. The molecule has 1 aliphatic rings. The van der Waals surface area contributed by atoms with Gasteiger partial charge in [0.15, 0.2) is 0 Å². The van der Waals surface area contributed by atoms with Crippen LogP contribution in [0.3, 0.4) is 0 Å². The summed E-state index contributed by atoms with van der Waals surface area (Å²) >= 11 is 0. The maximum atomic E-state index is 10.6. The van der Waals surface area contributed by atoms with Gasteiger partial charge in [-0.25, -0.2) is 9.78 Å². The number of carboxylic acids is 1. The van der Waals surface area contributed by atoms with E-state index >= 15 is 0 Å². The molecule has 1 aliphatic heterocycles.